The van der Waals surface area contributed by atoms with E-state index in [0.29, 0.717) is 41.8 Å². The van der Waals surface area contributed by atoms with Gasteiger partial charge in [-0.15, -0.1) is 0 Å². The molecule has 0 bridgehead atoms. The van der Waals surface area contributed by atoms with Gasteiger partial charge >= 0.3 is 5.97 Å². The van der Waals surface area contributed by atoms with Crippen LogP contribution in [0.4, 0.5) is 0 Å². The number of thioether (sulfide) groups is 1. The summed E-state index contributed by atoms with van der Waals surface area (Å²) in [5.41, 5.74) is 0.407. The molecule has 0 spiro atoms. The first kappa shape index (κ1) is 22.6. The Kier molecular flexibility index (Phi) is 9.12. The van der Waals surface area contributed by atoms with Crippen LogP contribution in [0.1, 0.15) is 36.5 Å². The first-order valence-corrected chi connectivity index (χ1v) is 11.2. The molecule has 2 rings (SSSR count). The van der Waals surface area contributed by atoms with Crippen molar-refractivity contribution >= 4 is 41.1 Å². The molecule has 6 nitrogen and oxygen atoms in total. The number of esters is 1. The zero-order valence-corrected chi connectivity index (χ0v) is 17.9. The molecule has 1 aliphatic heterocycles. The Morgan fingerprint density at radius 3 is 2.50 bits per heavy atom. The van der Waals surface area contributed by atoms with E-state index in [9.17, 15) is 14.4 Å². The van der Waals surface area contributed by atoms with Crippen molar-refractivity contribution in [1.29, 1.82) is 0 Å². The number of ether oxygens (including phenoxy) is 1. The molecule has 1 heterocycles. The third-order valence-corrected chi connectivity index (χ3v) is 5.68. The van der Waals surface area contributed by atoms with Crippen LogP contribution in [0.15, 0.2) is 24.3 Å². The highest BCUT2D eigenvalue weighted by atomic mass is 35.5. The molecule has 154 valence electrons. The molecule has 0 saturated carbocycles. The predicted octanol–water partition coefficient (Wildman–Crippen LogP) is 2.99. The maximum absolute atomic E-state index is 12.5. The largest absolute Gasteiger partial charge is 0.454 e. The van der Waals surface area contributed by atoms with Crippen molar-refractivity contribution in [2.24, 2.45) is 5.92 Å². The molecule has 28 heavy (non-hydrogen) atoms. The van der Waals surface area contributed by atoms with Crippen molar-refractivity contribution in [2.45, 2.75) is 32.2 Å². The average molecular weight is 427 g/mol. The van der Waals surface area contributed by atoms with Crippen molar-refractivity contribution in [3.63, 3.8) is 0 Å². The number of benzene rings is 1. The number of carbonyl (C=O) groups is 3. The van der Waals surface area contributed by atoms with Gasteiger partial charge in [-0.1, -0.05) is 18.5 Å². The lowest BCUT2D eigenvalue weighted by Gasteiger charge is -2.30. The van der Waals surface area contributed by atoms with E-state index in [0.717, 1.165) is 12.8 Å². The number of carbonyl (C=O) groups excluding carboxylic acids is 3. The smallest absolute Gasteiger partial charge is 0.329 e. The van der Waals surface area contributed by atoms with Crippen molar-refractivity contribution in [2.75, 3.05) is 31.7 Å². The molecule has 2 amide bonds. The van der Waals surface area contributed by atoms with Crippen LogP contribution in [0.25, 0.3) is 0 Å². The number of rotatable bonds is 8. The molecule has 1 fully saturated rings. The minimum atomic E-state index is -0.801. The normalized spacial score (nSPS) is 15.8. The van der Waals surface area contributed by atoms with Crippen LogP contribution in [0.5, 0.6) is 0 Å². The van der Waals surface area contributed by atoms with E-state index in [1.165, 1.54) is 0 Å². The highest BCUT2D eigenvalue weighted by molar-refractivity contribution is 7.98. The van der Waals surface area contributed by atoms with E-state index in [4.69, 9.17) is 16.3 Å². The molecule has 1 aliphatic rings. The molecular weight excluding hydrogens is 400 g/mol. The van der Waals surface area contributed by atoms with Crippen molar-refractivity contribution in [3.05, 3.63) is 34.9 Å². The van der Waals surface area contributed by atoms with E-state index in [1.54, 1.807) is 40.9 Å². The summed E-state index contributed by atoms with van der Waals surface area (Å²) in [6.45, 7) is 3.27. The lowest BCUT2D eigenvalue weighted by molar-refractivity contribution is -0.154. The zero-order chi connectivity index (χ0) is 20.5. The Labute approximate surface area is 175 Å². The molecule has 1 atom stereocenters. The van der Waals surface area contributed by atoms with Crippen LogP contribution in [-0.4, -0.2) is 60.4 Å². The van der Waals surface area contributed by atoms with E-state index in [-0.39, 0.29) is 18.4 Å². The SMILES string of the molecule is CSCC[C@@H](NC(=O)c1ccc(Cl)cc1)C(=O)OCC(=O)N1CCC(C)CC1. The second kappa shape index (κ2) is 11.3. The number of nitrogens with zero attached hydrogens (tertiary/aromatic N) is 1. The monoisotopic (exact) mass is 426 g/mol. The molecule has 8 heteroatoms. The number of halogens is 1. The van der Waals surface area contributed by atoms with Gasteiger partial charge in [0.25, 0.3) is 11.8 Å². The number of likely N-dealkylation sites (tertiary alicyclic amines) is 1. The minimum absolute atomic E-state index is 0.187. The second-order valence-corrected chi connectivity index (χ2v) is 8.41. The van der Waals surface area contributed by atoms with Gasteiger partial charge in [-0.25, -0.2) is 4.79 Å². The first-order chi connectivity index (χ1) is 13.4. The standard InChI is InChI=1S/C20H27ClN2O4S/c1-14-7-10-23(11-8-14)18(24)13-27-20(26)17(9-12-28-2)22-19(25)15-3-5-16(21)6-4-15/h3-6,14,17H,7-13H2,1-2H3,(H,22,25)/t17-/m1/s1. The van der Waals surface area contributed by atoms with Gasteiger partial charge in [-0.05, 0) is 61.5 Å². The highest BCUT2D eigenvalue weighted by Crippen LogP contribution is 2.16. The number of amides is 2. The summed E-state index contributed by atoms with van der Waals surface area (Å²) in [6.07, 6.45) is 4.28. The summed E-state index contributed by atoms with van der Waals surface area (Å²) in [4.78, 5) is 38.9. The topological polar surface area (TPSA) is 75.7 Å². The summed E-state index contributed by atoms with van der Waals surface area (Å²) < 4.78 is 5.22. The quantitative estimate of drug-likeness (QED) is 0.647. The Morgan fingerprint density at radius 2 is 1.89 bits per heavy atom. The fourth-order valence-electron chi connectivity index (χ4n) is 2.91. The molecule has 0 aliphatic carbocycles. The van der Waals surface area contributed by atoms with E-state index < -0.39 is 12.0 Å². The van der Waals surface area contributed by atoms with Gasteiger partial charge in [0.1, 0.15) is 6.04 Å². The summed E-state index contributed by atoms with van der Waals surface area (Å²) in [5, 5.41) is 3.23. The maximum Gasteiger partial charge on any atom is 0.329 e. The maximum atomic E-state index is 12.5. The minimum Gasteiger partial charge on any atom is -0.454 e. The van der Waals surface area contributed by atoms with E-state index >= 15 is 0 Å². The zero-order valence-electron chi connectivity index (χ0n) is 16.3. The number of nitrogens with one attached hydrogen (secondary N) is 1. The molecule has 0 radical (unpaired) electrons. The van der Waals surface area contributed by atoms with Gasteiger partial charge in [0, 0.05) is 23.7 Å². The molecule has 1 N–H and O–H groups in total. The third-order valence-electron chi connectivity index (χ3n) is 4.78. The fourth-order valence-corrected chi connectivity index (χ4v) is 3.51. The van der Waals surface area contributed by atoms with Crippen LogP contribution in [0.3, 0.4) is 0 Å². The Hall–Kier alpha value is -1.73. The molecule has 0 unspecified atom stereocenters. The third kappa shape index (κ3) is 7.02. The first-order valence-electron chi connectivity index (χ1n) is 9.40. The molecule has 1 saturated heterocycles. The molecule has 1 aromatic rings. The van der Waals surface area contributed by atoms with Crippen LogP contribution in [-0.2, 0) is 14.3 Å². The van der Waals surface area contributed by atoms with Gasteiger partial charge in [0.2, 0.25) is 0 Å². The molecular formula is C20H27ClN2O4S. The summed E-state index contributed by atoms with van der Waals surface area (Å²) in [5.74, 6) is 0.142. The number of hydrogen-bond donors (Lipinski definition) is 1. The van der Waals surface area contributed by atoms with Gasteiger partial charge in [-0.3, -0.25) is 9.59 Å². The van der Waals surface area contributed by atoms with Crippen LogP contribution in [0, 0.1) is 5.92 Å². The lowest BCUT2D eigenvalue weighted by atomic mass is 9.99. The van der Waals surface area contributed by atoms with Crippen molar-refractivity contribution in [3.8, 4) is 0 Å². The van der Waals surface area contributed by atoms with Crippen LogP contribution >= 0.6 is 23.4 Å². The molecule has 1 aromatic carbocycles. The van der Waals surface area contributed by atoms with Crippen molar-refractivity contribution < 1.29 is 19.1 Å². The highest BCUT2D eigenvalue weighted by Gasteiger charge is 2.25. The Balaban J connectivity index is 1.89. The summed E-state index contributed by atoms with van der Waals surface area (Å²) >= 11 is 7.41. The average Bonchev–Trinajstić information content (AvgIpc) is 2.69. The van der Waals surface area contributed by atoms with Crippen molar-refractivity contribution in [1.82, 2.24) is 10.2 Å². The summed E-state index contributed by atoms with van der Waals surface area (Å²) in [6, 6.07) is 5.61. The van der Waals surface area contributed by atoms with E-state index in [1.807, 2.05) is 6.26 Å². The fraction of sp³-hybridized carbons (Fsp3) is 0.550. The summed E-state index contributed by atoms with van der Waals surface area (Å²) in [7, 11) is 0. The van der Waals surface area contributed by atoms with Crippen LogP contribution in [0.2, 0.25) is 5.02 Å². The number of hydrogen-bond acceptors (Lipinski definition) is 5. The Morgan fingerprint density at radius 1 is 1.25 bits per heavy atom. The van der Waals surface area contributed by atoms with Gasteiger partial charge in [0.15, 0.2) is 6.61 Å². The lowest BCUT2D eigenvalue weighted by Crippen LogP contribution is -2.44. The van der Waals surface area contributed by atoms with E-state index in [2.05, 4.69) is 12.2 Å². The predicted molar refractivity (Wildman–Crippen MR) is 112 cm³/mol. The van der Waals surface area contributed by atoms with Gasteiger partial charge in [-0.2, -0.15) is 11.8 Å². The number of piperidine rings is 1. The second-order valence-electron chi connectivity index (χ2n) is 6.99. The Bertz CT molecular complexity index is 675. The molecule has 0 aromatic heterocycles. The van der Waals surface area contributed by atoms with Gasteiger partial charge in [0.05, 0.1) is 0 Å². The van der Waals surface area contributed by atoms with Gasteiger partial charge < -0.3 is 15.0 Å². The van der Waals surface area contributed by atoms with Crippen LogP contribution < -0.4 is 5.32 Å².